The Balaban J connectivity index is 2.04. The van der Waals surface area contributed by atoms with E-state index in [1.807, 2.05) is 6.92 Å². The zero-order chi connectivity index (χ0) is 19.3. The van der Waals surface area contributed by atoms with Crippen LogP contribution < -0.4 is 15.4 Å². The summed E-state index contributed by atoms with van der Waals surface area (Å²) >= 11 is 11.2. The van der Waals surface area contributed by atoms with Crippen LogP contribution in [0.3, 0.4) is 0 Å². The van der Waals surface area contributed by atoms with Crippen LogP contribution in [0.5, 0.6) is 5.75 Å². The van der Waals surface area contributed by atoms with E-state index in [4.69, 9.17) is 28.6 Å². The molecule has 2 aromatic rings. The fraction of sp³-hybridized carbons (Fsp3) is 0.176. The first-order valence-corrected chi connectivity index (χ1v) is 8.40. The predicted molar refractivity (Wildman–Crippen MR) is 104 cm³/mol. The minimum atomic E-state index is -0.480. The van der Waals surface area contributed by atoms with Gasteiger partial charge in [-0.1, -0.05) is 11.6 Å². The van der Waals surface area contributed by atoms with Crippen LogP contribution in [0.15, 0.2) is 36.4 Å². The third-order valence-corrected chi connectivity index (χ3v) is 3.89. The van der Waals surface area contributed by atoms with E-state index in [0.29, 0.717) is 34.2 Å². The predicted octanol–water partition coefficient (Wildman–Crippen LogP) is 4.08. The van der Waals surface area contributed by atoms with Crippen LogP contribution in [0.1, 0.15) is 22.8 Å². The Bertz CT molecular complexity index is 873. The summed E-state index contributed by atoms with van der Waals surface area (Å²) in [6.07, 6.45) is 0. The number of hydrogen-bond donors (Lipinski definition) is 2. The van der Waals surface area contributed by atoms with E-state index in [2.05, 4.69) is 10.6 Å². The van der Waals surface area contributed by atoms with Gasteiger partial charge in [0.2, 0.25) is 0 Å². The van der Waals surface area contributed by atoms with Crippen molar-refractivity contribution in [1.29, 1.82) is 0 Å². The number of amides is 1. The van der Waals surface area contributed by atoms with Crippen LogP contribution in [-0.2, 0) is 0 Å². The fourth-order valence-electron chi connectivity index (χ4n) is 2.15. The van der Waals surface area contributed by atoms with Gasteiger partial charge in [-0.15, -0.1) is 0 Å². The number of non-ortho nitro benzene ring substituents is 1. The molecule has 2 rings (SSSR count). The molecule has 2 aromatic carbocycles. The van der Waals surface area contributed by atoms with E-state index < -0.39 is 10.8 Å². The lowest BCUT2D eigenvalue weighted by Gasteiger charge is -2.12. The summed E-state index contributed by atoms with van der Waals surface area (Å²) < 4.78 is 5.32. The lowest BCUT2D eigenvalue weighted by molar-refractivity contribution is -0.384. The Kier molecular flexibility index (Phi) is 6.48. The van der Waals surface area contributed by atoms with Gasteiger partial charge in [0, 0.05) is 23.4 Å². The Morgan fingerprint density at radius 1 is 1.31 bits per heavy atom. The first kappa shape index (κ1) is 19.6. The van der Waals surface area contributed by atoms with Crippen molar-refractivity contribution in [1.82, 2.24) is 5.32 Å². The monoisotopic (exact) mass is 393 g/mol. The molecule has 136 valence electrons. The number of thiocarbonyl (C=S) groups is 1. The number of rotatable bonds is 5. The molecule has 0 bridgehead atoms. The smallest absolute Gasteiger partial charge is 0.269 e. The van der Waals surface area contributed by atoms with Crippen molar-refractivity contribution in [3.8, 4) is 5.75 Å². The van der Waals surface area contributed by atoms with Crippen LogP contribution in [0, 0.1) is 17.0 Å². The average Bonchev–Trinajstić information content (AvgIpc) is 2.58. The molecule has 0 heterocycles. The van der Waals surface area contributed by atoms with Crippen LogP contribution in [0.4, 0.5) is 11.4 Å². The molecular weight excluding hydrogens is 378 g/mol. The number of aryl methyl sites for hydroxylation is 1. The third kappa shape index (κ3) is 4.90. The van der Waals surface area contributed by atoms with E-state index in [9.17, 15) is 14.9 Å². The second-order valence-electron chi connectivity index (χ2n) is 5.24. The first-order valence-electron chi connectivity index (χ1n) is 7.61. The van der Waals surface area contributed by atoms with Gasteiger partial charge in [-0.25, -0.2) is 0 Å². The van der Waals surface area contributed by atoms with Crippen molar-refractivity contribution in [2.75, 3.05) is 11.9 Å². The normalized spacial score (nSPS) is 10.1. The number of ether oxygens (including phenoxy) is 1. The van der Waals surface area contributed by atoms with Crippen LogP contribution in [0.25, 0.3) is 0 Å². The standard InChI is InChI=1S/C17H16ClN3O4S/c1-3-25-15-7-4-11(9-13(15)18)16(22)20-17(26)19-14-6-5-12(21(23)24)8-10(14)2/h4-9H,3H2,1-2H3,(H2,19,20,22,26). The summed E-state index contributed by atoms with van der Waals surface area (Å²) in [7, 11) is 0. The highest BCUT2D eigenvalue weighted by molar-refractivity contribution is 7.80. The second kappa shape index (κ2) is 8.59. The van der Waals surface area contributed by atoms with E-state index in [1.165, 1.54) is 24.3 Å². The number of halogens is 1. The third-order valence-electron chi connectivity index (χ3n) is 3.39. The van der Waals surface area contributed by atoms with Crippen LogP contribution in [0.2, 0.25) is 5.02 Å². The number of nitrogens with zero attached hydrogens (tertiary/aromatic N) is 1. The highest BCUT2D eigenvalue weighted by atomic mass is 35.5. The molecule has 0 aliphatic carbocycles. The Morgan fingerprint density at radius 3 is 2.62 bits per heavy atom. The van der Waals surface area contributed by atoms with Crippen molar-refractivity contribution in [2.24, 2.45) is 0 Å². The van der Waals surface area contributed by atoms with Gasteiger partial charge in [-0.05, 0) is 55.9 Å². The molecule has 0 atom stereocenters. The number of hydrogen-bond acceptors (Lipinski definition) is 5. The lowest BCUT2D eigenvalue weighted by Crippen LogP contribution is -2.34. The van der Waals surface area contributed by atoms with Gasteiger partial charge in [0.1, 0.15) is 5.75 Å². The second-order valence-corrected chi connectivity index (χ2v) is 6.06. The molecule has 9 heteroatoms. The molecule has 0 saturated carbocycles. The molecule has 0 unspecified atom stereocenters. The largest absolute Gasteiger partial charge is 0.492 e. The molecule has 0 spiro atoms. The molecule has 0 aliphatic rings. The summed E-state index contributed by atoms with van der Waals surface area (Å²) in [4.78, 5) is 22.6. The van der Waals surface area contributed by atoms with Crippen LogP contribution in [-0.4, -0.2) is 22.5 Å². The molecule has 0 saturated heterocycles. The van der Waals surface area contributed by atoms with E-state index in [0.717, 1.165) is 0 Å². The van der Waals surface area contributed by atoms with Crippen molar-refractivity contribution in [3.05, 3.63) is 62.7 Å². The average molecular weight is 394 g/mol. The molecule has 0 aromatic heterocycles. The Labute approximate surface area is 160 Å². The number of anilines is 1. The summed E-state index contributed by atoms with van der Waals surface area (Å²) in [6.45, 7) is 4.00. The van der Waals surface area contributed by atoms with Crippen molar-refractivity contribution >= 4 is 46.2 Å². The van der Waals surface area contributed by atoms with Crippen molar-refractivity contribution in [3.63, 3.8) is 0 Å². The number of nitro benzene ring substituents is 1. The molecule has 7 nitrogen and oxygen atoms in total. The number of carbonyl (C=O) groups excluding carboxylic acids is 1. The topological polar surface area (TPSA) is 93.5 Å². The molecule has 2 N–H and O–H groups in total. The zero-order valence-electron chi connectivity index (χ0n) is 14.0. The number of nitro groups is 1. The van der Waals surface area contributed by atoms with Crippen LogP contribution >= 0.6 is 23.8 Å². The number of nitrogens with one attached hydrogen (secondary N) is 2. The maximum atomic E-state index is 12.3. The molecular formula is C17H16ClN3O4S. The van der Waals surface area contributed by atoms with Gasteiger partial charge in [-0.2, -0.15) is 0 Å². The van der Waals surface area contributed by atoms with Gasteiger partial charge < -0.3 is 10.1 Å². The van der Waals surface area contributed by atoms with Gasteiger partial charge in [0.15, 0.2) is 5.11 Å². The van der Waals surface area contributed by atoms with E-state index >= 15 is 0 Å². The molecule has 26 heavy (non-hydrogen) atoms. The lowest BCUT2D eigenvalue weighted by atomic mass is 10.2. The SMILES string of the molecule is CCOc1ccc(C(=O)NC(=S)Nc2ccc([N+](=O)[O-])cc2C)cc1Cl. The van der Waals surface area contributed by atoms with Gasteiger partial charge in [0.25, 0.3) is 11.6 Å². The summed E-state index contributed by atoms with van der Waals surface area (Å²) in [5.41, 5.74) is 1.49. The molecule has 0 radical (unpaired) electrons. The Hall–Kier alpha value is -2.71. The summed E-state index contributed by atoms with van der Waals surface area (Å²) in [6, 6.07) is 8.97. The first-order chi connectivity index (χ1) is 12.3. The highest BCUT2D eigenvalue weighted by Gasteiger charge is 2.13. The maximum absolute atomic E-state index is 12.3. The minimum absolute atomic E-state index is 0.0213. The zero-order valence-corrected chi connectivity index (χ0v) is 15.6. The summed E-state index contributed by atoms with van der Waals surface area (Å²) in [5.74, 6) is 0.0555. The fourth-order valence-corrected chi connectivity index (χ4v) is 2.58. The van der Waals surface area contributed by atoms with E-state index in [-0.39, 0.29) is 10.8 Å². The Morgan fingerprint density at radius 2 is 2.04 bits per heavy atom. The van der Waals surface area contributed by atoms with E-state index in [1.54, 1.807) is 19.1 Å². The minimum Gasteiger partial charge on any atom is -0.492 e. The molecule has 0 aliphatic heterocycles. The number of benzene rings is 2. The summed E-state index contributed by atoms with van der Waals surface area (Å²) in [5, 5.41) is 16.5. The maximum Gasteiger partial charge on any atom is 0.269 e. The van der Waals surface area contributed by atoms with Crippen molar-refractivity contribution in [2.45, 2.75) is 13.8 Å². The molecule has 0 fully saturated rings. The van der Waals surface area contributed by atoms with Crippen molar-refractivity contribution < 1.29 is 14.5 Å². The van der Waals surface area contributed by atoms with Gasteiger partial charge >= 0.3 is 0 Å². The molecule has 1 amide bonds. The van der Waals surface area contributed by atoms with Gasteiger partial charge in [-0.3, -0.25) is 20.2 Å². The quantitative estimate of drug-likeness (QED) is 0.451. The van der Waals surface area contributed by atoms with Gasteiger partial charge in [0.05, 0.1) is 16.6 Å². The number of carbonyl (C=O) groups is 1. The highest BCUT2D eigenvalue weighted by Crippen LogP contribution is 2.25.